The highest BCUT2D eigenvalue weighted by molar-refractivity contribution is 5.67. The summed E-state index contributed by atoms with van der Waals surface area (Å²) < 4.78 is 5.17. The van der Waals surface area contributed by atoms with Crippen molar-refractivity contribution >= 4 is 0 Å². The van der Waals surface area contributed by atoms with Crippen molar-refractivity contribution in [1.29, 1.82) is 0 Å². The van der Waals surface area contributed by atoms with Crippen LogP contribution in [0, 0.1) is 12.8 Å². The fourth-order valence-corrected chi connectivity index (χ4v) is 4.51. The van der Waals surface area contributed by atoms with Gasteiger partial charge in [0.1, 0.15) is 5.75 Å². The molecule has 1 heteroatoms. The largest absolute Gasteiger partial charge is 0.497 e. The van der Waals surface area contributed by atoms with Crippen LogP contribution in [0.4, 0.5) is 0 Å². The second-order valence-electron chi connectivity index (χ2n) is 8.99. The van der Waals surface area contributed by atoms with Gasteiger partial charge in [0.2, 0.25) is 0 Å². The van der Waals surface area contributed by atoms with Crippen LogP contribution in [0.3, 0.4) is 0 Å². The standard InChI is InChI=1S/C16H18.C14H20O/c1-3-6-14-9-11-15(12-10-14)16-8-5-4-7-13(16)2;1-11-3-5-12(6-4-11)13-7-9-14(15-2)10-8-13/h4-5,7-12H,3,6H2,1-2H3;7-12H,3-6H2,1-2H3. The molecule has 3 aromatic rings. The highest BCUT2D eigenvalue weighted by Gasteiger charge is 2.19. The third kappa shape index (κ3) is 6.72. The third-order valence-corrected chi connectivity index (χ3v) is 6.55. The zero-order valence-corrected chi connectivity index (χ0v) is 19.7. The smallest absolute Gasteiger partial charge is 0.118 e. The molecule has 1 fully saturated rings. The Labute approximate surface area is 189 Å². The van der Waals surface area contributed by atoms with E-state index in [4.69, 9.17) is 4.74 Å². The van der Waals surface area contributed by atoms with Gasteiger partial charge in [-0.25, -0.2) is 0 Å². The normalized spacial score (nSPS) is 18.1. The molecule has 4 rings (SSSR count). The number of ether oxygens (including phenoxy) is 1. The Balaban J connectivity index is 0.000000176. The number of hydrogen-bond acceptors (Lipinski definition) is 1. The summed E-state index contributed by atoms with van der Waals surface area (Å²) in [6.45, 7) is 6.74. The van der Waals surface area contributed by atoms with E-state index in [9.17, 15) is 0 Å². The summed E-state index contributed by atoms with van der Waals surface area (Å²) in [5, 5.41) is 0. The highest BCUT2D eigenvalue weighted by Crippen LogP contribution is 2.35. The molecular formula is C30H38O. The maximum atomic E-state index is 5.17. The first-order valence-electron chi connectivity index (χ1n) is 11.9. The molecule has 164 valence electrons. The predicted molar refractivity (Wildman–Crippen MR) is 134 cm³/mol. The molecule has 0 bridgehead atoms. The van der Waals surface area contributed by atoms with E-state index in [1.54, 1.807) is 7.11 Å². The van der Waals surface area contributed by atoms with Gasteiger partial charge >= 0.3 is 0 Å². The summed E-state index contributed by atoms with van der Waals surface area (Å²) in [6, 6.07) is 26.1. The second kappa shape index (κ2) is 11.7. The fraction of sp³-hybridized carbons (Fsp3) is 0.400. The van der Waals surface area contributed by atoms with Crippen molar-refractivity contribution in [3.63, 3.8) is 0 Å². The van der Waals surface area contributed by atoms with Gasteiger partial charge < -0.3 is 4.74 Å². The summed E-state index contributed by atoms with van der Waals surface area (Å²) in [4.78, 5) is 0. The van der Waals surface area contributed by atoms with Crippen molar-refractivity contribution in [2.75, 3.05) is 7.11 Å². The molecule has 0 heterocycles. The minimum absolute atomic E-state index is 0.784. The second-order valence-corrected chi connectivity index (χ2v) is 8.99. The quantitative estimate of drug-likeness (QED) is 0.406. The number of aryl methyl sites for hydroxylation is 2. The lowest BCUT2D eigenvalue weighted by Crippen LogP contribution is -2.10. The summed E-state index contributed by atoms with van der Waals surface area (Å²) in [7, 11) is 1.72. The van der Waals surface area contributed by atoms with Crippen LogP contribution in [0.15, 0.2) is 72.8 Å². The molecule has 0 unspecified atom stereocenters. The van der Waals surface area contributed by atoms with Gasteiger partial charge in [-0.2, -0.15) is 0 Å². The maximum Gasteiger partial charge on any atom is 0.118 e. The molecule has 0 aliphatic heterocycles. The van der Waals surface area contributed by atoms with E-state index >= 15 is 0 Å². The molecule has 0 saturated heterocycles. The van der Waals surface area contributed by atoms with E-state index in [0.29, 0.717) is 0 Å². The Bertz CT molecular complexity index is 900. The number of rotatable bonds is 5. The Morgan fingerprint density at radius 2 is 1.45 bits per heavy atom. The highest BCUT2D eigenvalue weighted by atomic mass is 16.5. The van der Waals surface area contributed by atoms with Gasteiger partial charge in [0.05, 0.1) is 7.11 Å². The molecule has 1 nitrogen and oxygen atoms in total. The first-order valence-corrected chi connectivity index (χ1v) is 11.9. The summed E-state index contributed by atoms with van der Waals surface area (Å²) >= 11 is 0. The van der Waals surface area contributed by atoms with Gasteiger partial charge in [-0.05, 0) is 78.0 Å². The van der Waals surface area contributed by atoms with Gasteiger partial charge in [-0.1, -0.05) is 93.8 Å². The minimum atomic E-state index is 0.784. The van der Waals surface area contributed by atoms with E-state index in [0.717, 1.165) is 17.6 Å². The zero-order valence-electron chi connectivity index (χ0n) is 19.7. The van der Waals surface area contributed by atoms with Crippen molar-refractivity contribution < 1.29 is 4.74 Å². The molecule has 1 aliphatic carbocycles. The third-order valence-electron chi connectivity index (χ3n) is 6.55. The van der Waals surface area contributed by atoms with Crippen LogP contribution in [0.25, 0.3) is 11.1 Å². The van der Waals surface area contributed by atoms with Crippen LogP contribution >= 0.6 is 0 Å². The van der Waals surface area contributed by atoms with Gasteiger partial charge in [-0.3, -0.25) is 0 Å². The van der Waals surface area contributed by atoms with Crippen LogP contribution in [0.5, 0.6) is 5.75 Å². The molecule has 1 aliphatic rings. The lowest BCUT2D eigenvalue weighted by Gasteiger charge is -2.26. The van der Waals surface area contributed by atoms with Crippen molar-refractivity contribution in [3.05, 3.63) is 89.5 Å². The molecule has 1 saturated carbocycles. The van der Waals surface area contributed by atoms with Gasteiger partial charge in [-0.15, -0.1) is 0 Å². The first-order chi connectivity index (χ1) is 15.1. The topological polar surface area (TPSA) is 9.23 Å². The molecule has 0 N–H and O–H groups in total. The van der Waals surface area contributed by atoms with Crippen molar-refractivity contribution in [1.82, 2.24) is 0 Å². The van der Waals surface area contributed by atoms with E-state index in [2.05, 4.69) is 93.6 Å². The molecular weight excluding hydrogens is 376 g/mol. The molecule has 0 aromatic heterocycles. The average Bonchev–Trinajstić information content (AvgIpc) is 2.81. The van der Waals surface area contributed by atoms with Gasteiger partial charge in [0, 0.05) is 0 Å². The molecule has 3 aromatic carbocycles. The molecule has 0 spiro atoms. The van der Waals surface area contributed by atoms with Crippen LogP contribution in [-0.4, -0.2) is 7.11 Å². The lowest BCUT2D eigenvalue weighted by atomic mass is 9.79. The van der Waals surface area contributed by atoms with E-state index in [-0.39, 0.29) is 0 Å². The van der Waals surface area contributed by atoms with Crippen LogP contribution < -0.4 is 4.74 Å². The Hall–Kier alpha value is -2.54. The SMILES string of the molecule is CCCc1ccc(-c2ccccc2C)cc1.COc1ccc(C2CCC(C)CC2)cc1. The predicted octanol–water partition coefficient (Wildman–Crippen LogP) is 8.60. The monoisotopic (exact) mass is 414 g/mol. The van der Waals surface area contributed by atoms with E-state index in [1.165, 1.54) is 66.3 Å². The Morgan fingerprint density at radius 1 is 0.806 bits per heavy atom. The average molecular weight is 415 g/mol. The number of methoxy groups -OCH3 is 1. The lowest BCUT2D eigenvalue weighted by molar-refractivity contribution is 0.347. The van der Waals surface area contributed by atoms with Crippen molar-refractivity contribution in [2.24, 2.45) is 5.92 Å². The summed E-state index contributed by atoms with van der Waals surface area (Å²) in [5.41, 5.74) is 6.91. The van der Waals surface area contributed by atoms with Crippen LogP contribution in [0.2, 0.25) is 0 Å². The fourth-order valence-electron chi connectivity index (χ4n) is 4.51. The van der Waals surface area contributed by atoms with Crippen LogP contribution in [-0.2, 0) is 6.42 Å². The van der Waals surface area contributed by atoms with Gasteiger partial charge in [0.25, 0.3) is 0 Å². The summed E-state index contributed by atoms with van der Waals surface area (Å²) in [6.07, 6.45) is 7.87. The number of benzene rings is 3. The molecule has 31 heavy (non-hydrogen) atoms. The summed E-state index contributed by atoms with van der Waals surface area (Å²) in [5.74, 6) is 2.68. The molecule has 0 radical (unpaired) electrons. The Morgan fingerprint density at radius 3 is 2.03 bits per heavy atom. The molecule has 0 atom stereocenters. The zero-order chi connectivity index (χ0) is 22.1. The van der Waals surface area contributed by atoms with E-state index < -0.39 is 0 Å². The Kier molecular flexibility index (Phi) is 8.76. The number of hydrogen-bond donors (Lipinski definition) is 0. The van der Waals surface area contributed by atoms with Crippen LogP contribution in [0.1, 0.15) is 68.6 Å². The van der Waals surface area contributed by atoms with E-state index in [1.807, 2.05) is 0 Å². The minimum Gasteiger partial charge on any atom is -0.497 e. The molecule has 0 amide bonds. The first kappa shape index (κ1) is 23.1. The van der Waals surface area contributed by atoms with Gasteiger partial charge in [0.15, 0.2) is 0 Å². The van der Waals surface area contributed by atoms with Crippen molar-refractivity contribution in [3.8, 4) is 16.9 Å². The maximum absolute atomic E-state index is 5.17. The van der Waals surface area contributed by atoms with Crippen molar-refractivity contribution in [2.45, 2.75) is 65.2 Å².